The Morgan fingerprint density at radius 2 is 1.81 bits per heavy atom. The summed E-state index contributed by atoms with van der Waals surface area (Å²) < 4.78 is 15.0. The maximum Gasteiger partial charge on any atom is 0.338 e. The summed E-state index contributed by atoms with van der Waals surface area (Å²) in [6, 6.07) is 22.5. The van der Waals surface area contributed by atoms with Crippen LogP contribution in [0.5, 0.6) is 5.75 Å². The predicted octanol–water partition coefficient (Wildman–Crippen LogP) is 5.46. The van der Waals surface area contributed by atoms with Crippen LogP contribution in [0.2, 0.25) is 5.02 Å². The molecule has 3 heterocycles. The number of rotatable bonds is 7. The van der Waals surface area contributed by atoms with Crippen molar-refractivity contribution in [2.75, 3.05) is 13.7 Å². The molecule has 7 nitrogen and oxygen atoms in total. The largest absolute Gasteiger partial charge is 0.497 e. The topological polar surface area (TPSA) is 74.8 Å². The summed E-state index contributed by atoms with van der Waals surface area (Å²) in [5.41, 5.74) is 4.36. The summed E-state index contributed by atoms with van der Waals surface area (Å²) in [5.74, 6) is 0.189. The molecule has 0 amide bonds. The zero-order valence-electron chi connectivity index (χ0n) is 23.3. The van der Waals surface area contributed by atoms with Crippen molar-refractivity contribution in [3.05, 3.63) is 132 Å². The fourth-order valence-electron chi connectivity index (χ4n) is 5.37. The molecule has 0 aliphatic carbocycles. The Bertz CT molecular complexity index is 2040. The van der Waals surface area contributed by atoms with Crippen molar-refractivity contribution in [2.45, 2.75) is 26.4 Å². The molecule has 9 heteroatoms. The molecule has 1 atom stereocenters. The zero-order chi connectivity index (χ0) is 29.4. The van der Waals surface area contributed by atoms with Gasteiger partial charge in [0.1, 0.15) is 5.75 Å². The molecule has 0 N–H and O–H groups in total. The first kappa shape index (κ1) is 27.8. The van der Waals surface area contributed by atoms with E-state index < -0.39 is 12.0 Å². The van der Waals surface area contributed by atoms with E-state index in [0.29, 0.717) is 37.9 Å². The maximum absolute atomic E-state index is 14.1. The molecule has 0 fully saturated rings. The quantitative estimate of drug-likeness (QED) is 0.233. The van der Waals surface area contributed by atoms with Gasteiger partial charge >= 0.3 is 5.97 Å². The van der Waals surface area contributed by atoms with Gasteiger partial charge in [-0.2, -0.15) is 0 Å². The van der Waals surface area contributed by atoms with E-state index in [2.05, 4.69) is 10.6 Å². The normalized spacial score (nSPS) is 15.0. The van der Waals surface area contributed by atoms with Gasteiger partial charge in [-0.1, -0.05) is 71.5 Å². The molecule has 0 spiro atoms. The molecule has 6 rings (SSSR count). The Morgan fingerprint density at radius 3 is 2.55 bits per heavy atom. The number of carbonyl (C=O) groups excluding carboxylic acids is 1. The van der Waals surface area contributed by atoms with Gasteiger partial charge in [0.15, 0.2) is 4.80 Å². The summed E-state index contributed by atoms with van der Waals surface area (Å²) in [6.07, 6.45) is 3.95. The number of ether oxygens (including phenoxy) is 2. The van der Waals surface area contributed by atoms with E-state index in [0.717, 1.165) is 27.6 Å². The van der Waals surface area contributed by atoms with Crippen LogP contribution in [0.3, 0.4) is 0 Å². The van der Waals surface area contributed by atoms with E-state index in [9.17, 15) is 9.59 Å². The molecular formula is C33H28ClN3O4S. The highest BCUT2D eigenvalue weighted by molar-refractivity contribution is 7.07. The molecular weight excluding hydrogens is 570 g/mol. The average molecular weight is 598 g/mol. The van der Waals surface area contributed by atoms with Crippen LogP contribution < -0.4 is 19.6 Å². The lowest BCUT2D eigenvalue weighted by molar-refractivity contribution is -0.139. The number of halogens is 1. The molecule has 2 aromatic heterocycles. The minimum atomic E-state index is -0.685. The first-order chi connectivity index (χ1) is 20.4. The van der Waals surface area contributed by atoms with Crippen LogP contribution in [0.1, 0.15) is 36.6 Å². The van der Waals surface area contributed by atoms with E-state index in [-0.39, 0.29) is 12.2 Å². The van der Waals surface area contributed by atoms with Crippen molar-refractivity contribution in [1.82, 2.24) is 9.13 Å². The standard InChI is InChI=1S/C33H28ClN3O4S/c1-4-41-32(39)29-20(2)35-33-37(30(29)21-13-15-24(40-3)16-14-21)31(38)28(42-33)17-23-19-36(27-12-8-6-10-25(23)27)18-22-9-5-7-11-26(22)34/h5-17,19,30H,4,18H2,1-3H3/b28-17+. The Kier molecular flexibility index (Phi) is 7.58. The van der Waals surface area contributed by atoms with Gasteiger partial charge in [-0.25, -0.2) is 9.79 Å². The average Bonchev–Trinajstić information content (AvgIpc) is 3.50. The SMILES string of the molecule is CCOC(=O)C1=C(C)N=c2s/c(=C/c3cn(Cc4ccccc4Cl)c4ccccc34)c(=O)n2C1c1ccc(OC)cc1. The maximum atomic E-state index is 14.1. The summed E-state index contributed by atoms with van der Waals surface area (Å²) >= 11 is 7.77. The van der Waals surface area contributed by atoms with E-state index in [1.165, 1.54) is 11.3 Å². The third-order valence-corrected chi connectivity index (χ3v) is 8.70. The van der Waals surface area contributed by atoms with Gasteiger partial charge in [0, 0.05) is 34.2 Å². The molecule has 0 saturated heterocycles. The molecule has 1 aliphatic rings. The zero-order valence-corrected chi connectivity index (χ0v) is 24.9. The highest BCUT2D eigenvalue weighted by atomic mass is 35.5. The van der Waals surface area contributed by atoms with Gasteiger partial charge in [0.2, 0.25) is 0 Å². The number of hydrogen-bond donors (Lipinski definition) is 0. The van der Waals surface area contributed by atoms with Gasteiger partial charge < -0.3 is 14.0 Å². The van der Waals surface area contributed by atoms with Crippen LogP contribution in [0.4, 0.5) is 0 Å². The van der Waals surface area contributed by atoms with Gasteiger partial charge in [0.05, 0.1) is 35.6 Å². The molecule has 1 aliphatic heterocycles. The highest BCUT2D eigenvalue weighted by Crippen LogP contribution is 2.32. The predicted molar refractivity (Wildman–Crippen MR) is 166 cm³/mol. The Morgan fingerprint density at radius 1 is 1.07 bits per heavy atom. The summed E-state index contributed by atoms with van der Waals surface area (Å²) in [6.45, 7) is 4.35. The van der Waals surface area contributed by atoms with Crippen molar-refractivity contribution >= 4 is 45.9 Å². The molecule has 0 radical (unpaired) electrons. The van der Waals surface area contributed by atoms with Crippen molar-refractivity contribution in [2.24, 2.45) is 4.99 Å². The third-order valence-electron chi connectivity index (χ3n) is 7.35. The lowest BCUT2D eigenvalue weighted by atomic mass is 9.96. The third kappa shape index (κ3) is 4.97. The van der Waals surface area contributed by atoms with Gasteiger partial charge in [0.25, 0.3) is 5.56 Å². The first-order valence-electron chi connectivity index (χ1n) is 13.5. The van der Waals surface area contributed by atoms with Crippen molar-refractivity contribution < 1.29 is 14.3 Å². The number of thiazole rings is 1. The smallest absolute Gasteiger partial charge is 0.338 e. The number of para-hydroxylation sites is 1. The van der Waals surface area contributed by atoms with E-state index in [1.54, 1.807) is 25.5 Å². The fraction of sp³-hybridized carbons (Fsp3) is 0.182. The number of allylic oxidation sites excluding steroid dienone is 1. The van der Waals surface area contributed by atoms with Gasteiger partial charge in [-0.05, 0) is 55.3 Å². The second-order valence-corrected chi connectivity index (χ2v) is 11.3. The minimum absolute atomic E-state index is 0.216. The number of methoxy groups -OCH3 is 1. The number of aromatic nitrogens is 2. The molecule has 5 aromatic rings. The summed E-state index contributed by atoms with van der Waals surface area (Å²) in [4.78, 5) is 32.5. The lowest BCUT2D eigenvalue weighted by Gasteiger charge is -2.24. The minimum Gasteiger partial charge on any atom is -0.497 e. The molecule has 212 valence electrons. The van der Waals surface area contributed by atoms with Crippen molar-refractivity contribution in [3.63, 3.8) is 0 Å². The van der Waals surface area contributed by atoms with E-state index >= 15 is 0 Å². The van der Waals surface area contributed by atoms with E-state index in [4.69, 9.17) is 26.1 Å². The number of esters is 1. The summed E-state index contributed by atoms with van der Waals surface area (Å²) in [7, 11) is 1.59. The van der Waals surface area contributed by atoms with Crippen molar-refractivity contribution in [3.8, 4) is 5.75 Å². The van der Waals surface area contributed by atoms with Crippen LogP contribution in [-0.2, 0) is 16.1 Å². The number of nitrogens with zero attached hydrogens (tertiary/aromatic N) is 3. The number of carbonyl (C=O) groups is 1. The summed E-state index contributed by atoms with van der Waals surface area (Å²) in [5, 5.41) is 1.72. The Labute approximate surface area is 251 Å². The van der Waals surface area contributed by atoms with Crippen LogP contribution >= 0.6 is 22.9 Å². The first-order valence-corrected chi connectivity index (χ1v) is 14.7. The van der Waals surface area contributed by atoms with E-state index in [1.807, 2.05) is 79.0 Å². The number of benzene rings is 3. The van der Waals surface area contributed by atoms with Gasteiger partial charge in [-0.3, -0.25) is 9.36 Å². The number of hydrogen-bond acceptors (Lipinski definition) is 6. The fourth-order valence-corrected chi connectivity index (χ4v) is 6.60. The molecule has 3 aromatic carbocycles. The molecule has 0 bridgehead atoms. The van der Waals surface area contributed by atoms with Crippen LogP contribution in [0.25, 0.3) is 17.0 Å². The molecule has 42 heavy (non-hydrogen) atoms. The van der Waals surface area contributed by atoms with Gasteiger partial charge in [-0.15, -0.1) is 0 Å². The highest BCUT2D eigenvalue weighted by Gasteiger charge is 2.33. The molecule has 0 saturated carbocycles. The monoisotopic (exact) mass is 597 g/mol. The number of fused-ring (bicyclic) bond motifs is 2. The second-order valence-electron chi connectivity index (χ2n) is 9.90. The Hall–Kier alpha value is -4.40. The van der Waals surface area contributed by atoms with Crippen molar-refractivity contribution in [1.29, 1.82) is 0 Å². The molecule has 1 unspecified atom stereocenters. The Balaban J connectivity index is 1.51. The van der Waals surface area contributed by atoms with Crippen LogP contribution in [0, 0.1) is 0 Å². The van der Waals surface area contributed by atoms with Crippen LogP contribution in [0.15, 0.2) is 100 Å². The second kappa shape index (κ2) is 11.5. The van der Waals surface area contributed by atoms with Crippen LogP contribution in [-0.4, -0.2) is 28.8 Å². The lowest BCUT2D eigenvalue weighted by Crippen LogP contribution is -2.39.